The van der Waals surface area contributed by atoms with Crippen LogP contribution in [0.2, 0.25) is 0 Å². The number of carbonyl (C=O) groups is 1. The van der Waals surface area contributed by atoms with Gasteiger partial charge in [0.15, 0.2) is 11.5 Å². The van der Waals surface area contributed by atoms with Gasteiger partial charge in [0.25, 0.3) is 0 Å². The molecule has 0 radical (unpaired) electrons. The molecule has 0 spiro atoms. The Hall–Kier alpha value is -3.13. The molecule has 1 aliphatic rings. The van der Waals surface area contributed by atoms with E-state index in [4.69, 9.17) is 19.3 Å². The molecular formula is C24H27N3O4S. The van der Waals surface area contributed by atoms with Crippen molar-refractivity contribution >= 4 is 23.5 Å². The number of thioether (sulfide) groups is 1. The molecule has 1 amide bonds. The van der Waals surface area contributed by atoms with Crippen LogP contribution in [0.15, 0.2) is 36.4 Å². The maximum atomic E-state index is 12.6. The Kier molecular flexibility index (Phi) is 6.32. The van der Waals surface area contributed by atoms with Gasteiger partial charge in [-0.05, 0) is 37.1 Å². The summed E-state index contributed by atoms with van der Waals surface area (Å²) in [5.74, 6) is 2.79. The molecule has 2 heterocycles. The Balaban J connectivity index is 1.89. The summed E-state index contributed by atoms with van der Waals surface area (Å²) in [6, 6.07) is 12.0. The van der Waals surface area contributed by atoms with Gasteiger partial charge in [-0.25, -0.2) is 4.68 Å². The van der Waals surface area contributed by atoms with E-state index in [0.29, 0.717) is 28.8 Å². The lowest BCUT2D eigenvalue weighted by molar-refractivity contribution is -0.113. The summed E-state index contributed by atoms with van der Waals surface area (Å²) in [6.07, 6.45) is 0.963. The largest absolute Gasteiger partial charge is 0.496 e. The van der Waals surface area contributed by atoms with Crippen molar-refractivity contribution in [1.29, 1.82) is 0 Å². The molecule has 1 unspecified atom stereocenters. The standard InChI is InChI=1S/C24H27N3O4S/c1-6-15-7-9-16(10-8-15)27-24-22(14(2)26-27)23(32-13-21(28)25-24)17-11-19(30-4)20(31-5)12-18(17)29-3/h7-12,23H,6,13H2,1-5H3,(H,25,28). The normalized spacial score (nSPS) is 15.5. The van der Waals surface area contributed by atoms with Crippen molar-refractivity contribution in [2.45, 2.75) is 25.5 Å². The minimum Gasteiger partial charge on any atom is -0.496 e. The first-order chi connectivity index (χ1) is 15.5. The van der Waals surface area contributed by atoms with E-state index in [1.807, 2.05) is 35.9 Å². The average Bonchev–Trinajstić information content (AvgIpc) is 3.03. The van der Waals surface area contributed by atoms with Crippen LogP contribution in [0.25, 0.3) is 5.69 Å². The number of anilines is 1. The number of aryl methyl sites for hydroxylation is 2. The summed E-state index contributed by atoms with van der Waals surface area (Å²) in [6.45, 7) is 4.09. The van der Waals surface area contributed by atoms with Gasteiger partial charge in [0, 0.05) is 17.2 Å². The van der Waals surface area contributed by atoms with Crippen LogP contribution in [-0.4, -0.2) is 42.8 Å². The van der Waals surface area contributed by atoms with Crippen LogP contribution in [0.5, 0.6) is 17.2 Å². The first-order valence-corrected chi connectivity index (χ1v) is 11.5. The lowest BCUT2D eigenvalue weighted by Crippen LogP contribution is -2.15. The zero-order chi connectivity index (χ0) is 22.8. The average molecular weight is 454 g/mol. The molecule has 7 nitrogen and oxygen atoms in total. The fourth-order valence-corrected chi connectivity index (χ4v) is 5.15. The first kappa shape index (κ1) is 22.1. The van der Waals surface area contributed by atoms with Crippen LogP contribution < -0.4 is 19.5 Å². The van der Waals surface area contributed by atoms with Crippen molar-refractivity contribution in [2.24, 2.45) is 0 Å². The molecule has 32 heavy (non-hydrogen) atoms. The number of methoxy groups -OCH3 is 3. The summed E-state index contributed by atoms with van der Waals surface area (Å²) in [5, 5.41) is 7.69. The fraction of sp³-hybridized carbons (Fsp3) is 0.333. The topological polar surface area (TPSA) is 74.6 Å². The van der Waals surface area contributed by atoms with Crippen molar-refractivity contribution in [1.82, 2.24) is 9.78 Å². The van der Waals surface area contributed by atoms with Crippen LogP contribution in [0, 0.1) is 6.92 Å². The summed E-state index contributed by atoms with van der Waals surface area (Å²) >= 11 is 1.54. The summed E-state index contributed by atoms with van der Waals surface area (Å²) < 4.78 is 18.5. The van der Waals surface area contributed by atoms with E-state index >= 15 is 0 Å². The number of hydrogen-bond donors (Lipinski definition) is 1. The molecule has 1 aliphatic heterocycles. The number of ether oxygens (including phenoxy) is 3. The van der Waals surface area contributed by atoms with Crippen LogP contribution in [0.3, 0.4) is 0 Å². The van der Waals surface area contributed by atoms with Gasteiger partial charge in [0.1, 0.15) is 11.6 Å². The molecule has 1 aromatic heterocycles. The molecule has 0 fully saturated rings. The molecule has 168 valence electrons. The third-order valence-electron chi connectivity index (χ3n) is 5.62. The maximum absolute atomic E-state index is 12.6. The number of nitrogens with one attached hydrogen (secondary N) is 1. The van der Waals surface area contributed by atoms with Crippen LogP contribution >= 0.6 is 11.8 Å². The highest BCUT2D eigenvalue weighted by Gasteiger charge is 2.33. The quantitative estimate of drug-likeness (QED) is 0.591. The van der Waals surface area contributed by atoms with Gasteiger partial charge in [-0.1, -0.05) is 19.1 Å². The molecule has 0 aliphatic carbocycles. The monoisotopic (exact) mass is 453 g/mol. The molecule has 1 atom stereocenters. The second-order valence-corrected chi connectivity index (χ2v) is 8.56. The van der Waals surface area contributed by atoms with Crippen molar-refractivity contribution in [3.63, 3.8) is 0 Å². The number of rotatable bonds is 6. The van der Waals surface area contributed by atoms with E-state index in [2.05, 4.69) is 24.4 Å². The molecule has 0 bridgehead atoms. The van der Waals surface area contributed by atoms with Crippen molar-refractivity contribution in [3.8, 4) is 22.9 Å². The van der Waals surface area contributed by atoms with Gasteiger partial charge in [0.05, 0.1) is 43.7 Å². The van der Waals surface area contributed by atoms with Gasteiger partial charge >= 0.3 is 0 Å². The van der Waals surface area contributed by atoms with E-state index in [1.165, 1.54) is 17.3 Å². The Morgan fingerprint density at radius 2 is 1.72 bits per heavy atom. The Labute approximate surface area is 192 Å². The maximum Gasteiger partial charge on any atom is 0.235 e. The van der Waals surface area contributed by atoms with Crippen molar-refractivity contribution in [2.75, 3.05) is 32.4 Å². The third kappa shape index (κ3) is 3.90. The van der Waals surface area contributed by atoms with Gasteiger partial charge in [-0.15, -0.1) is 11.8 Å². The zero-order valence-corrected chi connectivity index (χ0v) is 19.7. The molecule has 8 heteroatoms. The minimum atomic E-state index is -0.178. The van der Waals surface area contributed by atoms with Gasteiger partial charge < -0.3 is 19.5 Å². The van der Waals surface area contributed by atoms with E-state index in [1.54, 1.807) is 21.3 Å². The molecule has 0 saturated carbocycles. The number of nitrogens with zero attached hydrogens (tertiary/aromatic N) is 2. The number of aromatic nitrogens is 2. The summed E-state index contributed by atoms with van der Waals surface area (Å²) in [7, 11) is 4.83. The third-order valence-corrected chi connectivity index (χ3v) is 6.87. The van der Waals surface area contributed by atoms with E-state index in [9.17, 15) is 4.79 Å². The van der Waals surface area contributed by atoms with Crippen LogP contribution in [0.1, 0.15) is 34.6 Å². The lowest BCUT2D eigenvalue weighted by atomic mass is 10.0. The van der Waals surface area contributed by atoms with Gasteiger partial charge in [-0.2, -0.15) is 5.10 Å². The number of carbonyl (C=O) groups excluding carboxylic acids is 1. The minimum absolute atomic E-state index is 0.0653. The summed E-state index contributed by atoms with van der Waals surface area (Å²) in [4.78, 5) is 12.6. The highest BCUT2D eigenvalue weighted by atomic mass is 32.2. The molecule has 4 rings (SSSR count). The highest BCUT2D eigenvalue weighted by molar-refractivity contribution is 8.00. The van der Waals surface area contributed by atoms with Crippen LogP contribution in [-0.2, 0) is 11.2 Å². The second kappa shape index (κ2) is 9.16. The smallest absolute Gasteiger partial charge is 0.235 e. The van der Waals surface area contributed by atoms with E-state index in [-0.39, 0.29) is 11.2 Å². The zero-order valence-electron chi connectivity index (χ0n) is 18.9. The lowest BCUT2D eigenvalue weighted by Gasteiger charge is -2.20. The molecule has 0 saturated heterocycles. The molecule has 3 aromatic rings. The molecule has 1 N–H and O–H groups in total. The number of hydrogen-bond acceptors (Lipinski definition) is 6. The summed E-state index contributed by atoms with van der Waals surface area (Å²) in [5.41, 5.74) is 4.84. The molecule has 2 aromatic carbocycles. The number of amides is 1. The Morgan fingerprint density at radius 3 is 2.34 bits per heavy atom. The first-order valence-electron chi connectivity index (χ1n) is 10.4. The fourth-order valence-electron chi connectivity index (χ4n) is 3.95. The Bertz CT molecular complexity index is 1140. The van der Waals surface area contributed by atoms with Gasteiger partial charge in [0.2, 0.25) is 5.91 Å². The van der Waals surface area contributed by atoms with E-state index < -0.39 is 0 Å². The highest BCUT2D eigenvalue weighted by Crippen LogP contribution is 2.49. The second-order valence-electron chi connectivity index (χ2n) is 7.47. The van der Waals surface area contributed by atoms with Crippen molar-refractivity contribution in [3.05, 3.63) is 58.8 Å². The van der Waals surface area contributed by atoms with Crippen LogP contribution in [0.4, 0.5) is 5.82 Å². The predicted molar refractivity (Wildman–Crippen MR) is 127 cm³/mol. The number of fused-ring (bicyclic) bond motifs is 1. The van der Waals surface area contributed by atoms with Crippen molar-refractivity contribution < 1.29 is 19.0 Å². The van der Waals surface area contributed by atoms with Gasteiger partial charge in [-0.3, -0.25) is 4.79 Å². The predicted octanol–water partition coefficient (Wildman–Crippen LogP) is 4.54. The SMILES string of the molecule is CCc1ccc(-n2nc(C)c3c2NC(=O)CSC3c2cc(OC)c(OC)cc2OC)cc1. The van der Waals surface area contributed by atoms with E-state index in [0.717, 1.165) is 28.9 Å². The number of benzene rings is 2. The Morgan fingerprint density at radius 1 is 1.06 bits per heavy atom. The molecular weight excluding hydrogens is 426 g/mol.